The fraction of sp³-hybridized carbons (Fsp3) is 0.833. The summed E-state index contributed by atoms with van der Waals surface area (Å²) in [6.07, 6.45) is -2.25. The monoisotopic (exact) mass is 176 g/mol. The molecular weight excluding hydrogens is 164 g/mol. The highest BCUT2D eigenvalue weighted by molar-refractivity contribution is 5.64. The number of hydrogen-bond donors (Lipinski definition) is 4. The van der Waals surface area contributed by atoms with Gasteiger partial charge in [0.25, 0.3) is 0 Å². The Kier molecular flexibility index (Phi) is 2.45. The standard InChI is InChI=1S/C6H12N2O4/c1-8-4-3(10)5(11)12-6(4,7)2-9/h2-5,8,10-11H,7H2,1H3. The summed E-state index contributed by atoms with van der Waals surface area (Å²) in [7, 11) is 1.51. The van der Waals surface area contributed by atoms with E-state index in [0.717, 1.165) is 0 Å². The summed E-state index contributed by atoms with van der Waals surface area (Å²) in [6.45, 7) is 0. The van der Waals surface area contributed by atoms with Crippen molar-refractivity contribution in [2.75, 3.05) is 7.05 Å². The largest absolute Gasteiger partial charge is 0.386 e. The molecular formula is C6H12N2O4. The lowest BCUT2D eigenvalue weighted by molar-refractivity contribution is -0.163. The Hall–Kier alpha value is -0.530. The zero-order chi connectivity index (χ0) is 9.35. The van der Waals surface area contributed by atoms with Crippen LogP contribution < -0.4 is 11.1 Å². The first-order valence-corrected chi connectivity index (χ1v) is 3.51. The molecule has 6 nitrogen and oxygen atoms in total. The van der Waals surface area contributed by atoms with Gasteiger partial charge < -0.3 is 20.3 Å². The van der Waals surface area contributed by atoms with Crippen molar-refractivity contribution in [3.8, 4) is 0 Å². The highest BCUT2D eigenvalue weighted by atomic mass is 16.7. The molecule has 70 valence electrons. The van der Waals surface area contributed by atoms with Crippen molar-refractivity contribution in [3.05, 3.63) is 0 Å². The van der Waals surface area contributed by atoms with Gasteiger partial charge in [0.05, 0.1) is 6.04 Å². The molecule has 0 aliphatic carbocycles. The van der Waals surface area contributed by atoms with Gasteiger partial charge in [-0.2, -0.15) is 0 Å². The molecule has 1 rings (SSSR count). The Morgan fingerprint density at radius 3 is 2.58 bits per heavy atom. The summed E-state index contributed by atoms with van der Waals surface area (Å²) < 4.78 is 4.67. The summed E-state index contributed by atoms with van der Waals surface area (Å²) in [5.41, 5.74) is 3.78. The van der Waals surface area contributed by atoms with E-state index in [1.54, 1.807) is 0 Å². The Balaban J connectivity index is 2.84. The van der Waals surface area contributed by atoms with Crippen molar-refractivity contribution in [2.24, 2.45) is 5.73 Å². The van der Waals surface area contributed by atoms with E-state index in [2.05, 4.69) is 10.1 Å². The summed E-state index contributed by atoms with van der Waals surface area (Å²) in [5.74, 6) is 0. The maximum absolute atomic E-state index is 10.5. The predicted molar refractivity (Wildman–Crippen MR) is 38.9 cm³/mol. The number of aldehydes is 1. The van der Waals surface area contributed by atoms with Crippen molar-refractivity contribution in [2.45, 2.75) is 24.2 Å². The summed E-state index contributed by atoms with van der Waals surface area (Å²) in [5, 5.41) is 20.9. The third-order valence-electron chi connectivity index (χ3n) is 1.94. The topological polar surface area (TPSA) is 105 Å². The highest BCUT2D eigenvalue weighted by Crippen LogP contribution is 2.23. The van der Waals surface area contributed by atoms with Crippen LogP contribution in [0, 0.1) is 0 Å². The minimum absolute atomic E-state index is 0.355. The van der Waals surface area contributed by atoms with Crippen molar-refractivity contribution in [3.63, 3.8) is 0 Å². The van der Waals surface area contributed by atoms with Gasteiger partial charge in [0.2, 0.25) is 0 Å². The van der Waals surface area contributed by atoms with Crippen LogP contribution in [0.2, 0.25) is 0 Å². The van der Waals surface area contributed by atoms with Gasteiger partial charge in [-0.25, -0.2) is 0 Å². The van der Waals surface area contributed by atoms with E-state index in [1.807, 2.05) is 0 Å². The quantitative estimate of drug-likeness (QED) is 0.337. The number of carbonyl (C=O) groups is 1. The van der Waals surface area contributed by atoms with Crippen molar-refractivity contribution in [1.82, 2.24) is 5.32 Å². The van der Waals surface area contributed by atoms with Gasteiger partial charge in [0.1, 0.15) is 6.10 Å². The van der Waals surface area contributed by atoms with E-state index in [-0.39, 0.29) is 0 Å². The summed E-state index contributed by atoms with van der Waals surface area (Å²) in [4.78, 5) is 10.5. The fourth-order valence-corrected chi connectivity index (χ4v) is 1.28. The molecule has 0 aromatic rings. The molecule has 0 bridgehead atoms. The third kappa shape index (κ3) is 1.23. The maximum atomic E-state index is 10.5. The molecule has 1 saturated heterocycles. The third-order valence-corrected chi connectivity index (χ3v) is 1.94. The van der Waals surface area contributed by atoms with Crippen molar-refractivity contribution in [1.29, 1.82) is 0 Å². The lowest BCUT2D eigenvalue weighted by atomic mass is 10.0. The SMILES string of the molecule is CNC1C(O)C(O)OC1(N)C=O. The molecule has 0 amide bonds. The molecule has 1 aliphatic heterocycles. The van der Waals surface area contributed by atoms with Crippen LogP contribution in [0.4, 0.5) is 0 Å². The number of carbonyl (C=O) groups excluding carboxylic acids is 1. The maximum Gasteiger partial charge on any atom is 0.194 e. The lowest BCUT2D eigenvalue weighted by Gasteiger charge is -2.23. The molecule has 4 atom stereocenters. The number of hydrogen-bond acceptors (Lipinski definition) is 6. The average molecular weight is 176 g/mol. The molecule has 0 aromatic heterocycles. The van der Waals surface area contributed by atoms with Crippen LogP contribution in [0.5, 0.6) is 0 Å². The highest BCUT2D eigenvalue weighted by Gasteiger charge is 2.51. The van der Waals surface area contributed by atoms with Crippen molar-refractivity contribution >= 4 is 6.29 Å². The second-order valence-electron chi connectivity index (χ2n) is 2.74. The minimum Gasteiger partial charge on any atom is -0.386 e. The van der Waals surface area contributed by atoms with Gasteiger partial charge in [-0.05, 0) is 7.05 Å². The van der Waals surface area contributed by atoms with Crippen LogP contribution in [0.15, 0.2) is 0 Å². The van der Waals surface area contributed by atoms with Crippen LogP contribution in [0.3, 0.4) is 0 Å². The van der Waals surface area contributed by atoms with Gasteiger partial charge in [-0.3, -0.25) is 10.5 Å². The van der Waals surface area contributed by atoms with Gasteiger partial charge in [-0.1, -0.05) is 0 Å². The zero-order valence-corrected chi connectivity index (χ0v) is 6.60. The number of likely N-dealkylation sites (N-methyl/N-ethyl adjacent to an activating group) is 1. The van der Waals surface area contributed by atoms with E-state index in [9.17, 15) is 9.90 Å². The Morgan fingerprint density at radius 2 is 2.25 bits per heavy atom. The Labute approximate surface area is 69.3 Å². The smallest absolute Gasteiger partial charge is 0.194 e. The van der Waals surface area contributed by atoms with Gasteiger partial charge in [-0.15, -0.1) is 0 Å². The molecule has 1 fully saturated rings. The number of ether oxygens (including phenoxy) is 1. The average Bonchev–Trinajstić information content (AvgIpc) is 2.25. The van der Waals surface area contributed by atoms with Crippen LogP contribution >= 0.6 is 0 Å². The number of rotatable bonds is 2. The molecule has 0 radical (unpaired) electrons. The molecule has 0 aromatic carbocycles. The second-order valence-corrected chi connectivity index (χ2v) is 2.74. The van der Waals surface area contributed by atoms with E-state index >= 15 is 0 Å². The second kappa shape index (κ2) is 3.08. The van der Waals surface area contributed by atoms with E-state index in [4.69, 9.17) is 10.8 Å². The molecule has 0 spiro atoms. The van der Waals surface area contributed by atoms with Crippen LogP contribution in [0.25, 0.3) is 0 Å². The van der Waals surface area contributed by atoms with Crippen LogP contribution in [-0.2, 0) is 9.53 Å². The first kappa shape index (κ1) is 9.56. The molecule has 6 heteroatoms. The van der Waals surface area contributed by atoms with Crippen LogP contribution in [-0.4, -0.2) is 47.7 Å². The predicted octanol–water partition coefficient (Wildman–Crippen LogP) is -2.86. The minimum atomic E-state index is -1.65. The zero-order valence-electron chi connectivity index (χ0n) is 6.60. The number of nitrogens with one attached hydrogen (secondary N) is 1. The first-order valence-electron chi connectivity index (χ1n) is 3.51. The number of nitrogens with two attached hydrogens (primary N) is 1. The van der Waals surface area contributed by atoms with Gasteiger partial charge in [0, 0.05) is 0 Å². The number of aliphatic hydroxyl groups is 2. The van der Waals surface area contributed by atoms with Crippen LogP contribution in [0.1, 0.15) is 0 Å². The van der Waals surface area contributed by atoms with Gasteiger partial charge in [0.15, 0.2) is 18.3 Å². The van der Waals surface area contributed by atoms with Crippen molar-refractivity contribution < 1.29 is 19.7 Å². The van der Waals surface area contributed by atoms with E-state index < -0.39 is 24.2 Å². The molecule has 4 unspecified atom stereocenters. The normalized spacial score (nSPS) is 47.8. The lowest BCUT2D eigenvalue weighted by Crippen LogP contribution is -2.58. The van der Waals surface area contributed by atoms with E-state index in [0.29, 0.717) is 6.29 Å². The molecule has 12 heavy (non-hydrogen) atoms. The molecule has 1 heterocycles. The van der Waals surface area contributed by atoms with E-state index in [1.165, 1.54) is 7.05 Å². The Bertz CT molecular complexity index is 188. The fourth-order valence-electron chi connectivity index (χ4n) is 1.28. The molecule has 5 N–H and O–H groups in total. The summed E-state index contributed by atoms with van der Waals surface area (Å²) >= 11 is 0. The molecule has 0 saturated carbocycles. The summed E-state index contributed by atoms with van der Waals surface area (Å²) in [6, 6.07) is -0.787. The number of aliphatic hydroxyl groups excluding tert-OH is 2. The molecule has 1 aliphatic rings. The first-order chi connectivity index (χ1) is 5.55. The van der Waals surface area contributed by atoms with Gasteiger partial charge >= 0.3 is 0 Å². The Morgan fingerprint density at radius 1 is 1.67 bits per heavy atom.